The largest absolute Gasteiger partial charge is 0.327 e. The van der Waals surface area contributed by atoms with Gasteiger partial charge in [-0.05, 0) is 27.2 Å². The number of Topliss-reactive ketones (excluding diaryl/α,β-unsaturated/α-hetero) is 1. The van der Waals surface area contributed by atoms with Crippen LogP contribution < -0.4 is 0 Å². The first kappa shape index (κ1) is 23.0. The Bertz CT molecular complexity index is 348. The molecule has 0 radical (unpaired) electrons. The van der Waals surface area contributed by atoms with Gasteiger partial charge in [0.15, 0.2) is 5.78 Å². The number of hydrogen-bond acceptors (Lipinski definition) is 5. The zero-order valence-electron chi connectivity index (χ0n) is 15.9. The van der Waals surface area contributed by atoms with Crippen LogP contribution in [0.25, 0.3) is 0 Å². The Hall–Kier alpha value is -0.960. The maximum atomic E-state index is 12.5. The van der Waals surface area contributed by atoms with E-state index in [1.54, 1.807) is 0 Å². The van der Waals surface area contributed by atoms with Crippen molar-refractivity contribution in [2.24, 2.45) is 5.92 Å². The zero-order chi connectivity index (χ0) is 18.3. The van der Waals surface area contributed by atoms with Crippen molar-refractivity contribution in [3.63, 3.8) is 0 Å². The molecular formula is C19H35NO4. The molecule has 0 bridgehead atoms. The van der Waals surface area contributed by atoms with Gasteiger partial charge in [-0.1, -0.05) is 45.4 Å². The molecule has 0 spiro atoms. The van der Waals surface area contributed by atoms with Crippen molar-refractivity contribution in [2.45, 2.75) is 85.0 Å². The average molecular weight is 341 g/mol. The van der Waals surface area contributed by atoms with Crippen LogP contribution in [0.1, 0.15) is 79.1 Å². The number of ketones is 1. The van der Waals surface area contributed by atoms with E-state index < -0.39 is 11.9 Å². The first-order chi connectivity index (χ1) is 11.6. The first-order valence-electron chi connectivity index (χ1n) is 9.43. The lowest BCUT2D eigenvalue weighted by Gasteiger charge is -2.38. The molecule has 0 amide bonds. The lowest BCUT2D eigenvalue weighted by molar-refractivity contribution is -0.395. The van der Waals surface area contributed by atoms with Gasteiger partial charge in [0.05, 0.1) is 12.5 Å². The Morgan fingerprint density at radius 2 is 1.42 bits per heavy atom. The third-order valence-electron chi connectivity index (χ3n) is 3.95. The van der Waals surface area contributed by atoms with Crippen LogP contribution in [0, 0.1) is 17.2 Å². The van der Waals surface area contributed by atoms with Crippen molar-refractivity contribution in [3.05, 3.63) is 0 Å². The molecule has 140 valence electrons. The number of carbonyl (C=O) groups is 1. The molecule has 0 N–H and O–H groups in total. The van der Waals surface area contributed by atoms with Crippen molar-refractivity contribution in [2.75, 3.05) is 19.8 Å². The Morgan fingerprint density at radius 3 is 1.88 bits per heavy atom. The minimum Gasteiger partial charge on any atom is -0.327 e. The van der Waals surface area contributed by atoms with E-state index >= 15 is 0 Å². The minimum atomic E-state index is -1.37. The van der Waals surface area contributed by atoms with Gasteiger partial charge >= 0.3 is 0 Å². The van der Waals surface area contributed by atoms with E-state index in [2.05, 4.69) is 6.92 Å². The van der Waals surface area contributed by atoms with Crippen LogP contribution in [0.2, 0.25) is 0 Å². The molecular weight excluding hydrogens is 306 g/mol. The van der Waals surface area contributed by atoms with Gasteiger partial charge < -0.3 is 14.2 Å². The Labute approximate surface area is 147 Å². The molecule has 0 rings (SSSR count). The number of rotatable bonds is 16. The summed E-state index contributed by atoms with van der Waals surface area (Å²) >= 11 is 0. The molecule has 0 aromatic carbocycles. The molecule has 0 aliphatic carbocycles. The van der Waals surface area contributed by atoms with Gasteiger partial charge in [0.1, 0.15) is 5.92 Å². The standard InChI is InChI=1S/C19H35NO4/c1-5-9-10-11-12-13-14-17(18(21)15-16-20)19(22-6-2,23-7-3)24-8-4/h17H,5-15H2,1-4H3. The van der Waals surface area contributed by atoms with Gasteiger partial charge in [0.2, 0.25) is 0 Å². The number of hydrogen-bond donors (Lipinski definition) is 0. The minimum absolute atomic E-state index is 0.143. The quantitative estimate of drug-likeness (QED) is 0.303. The summed E-state index contributed by atoms with van der Waals surface area (Å²) in [6.45, 7) is 8.89. The number of ether oxygens (including phenoxy) is 3. The molecule has 1 unspecified atom stereocenters. The molecule has 24 heavy (non-hydrogen) atoms. The lowest BCUT2D eigenvalue weighted by atomic mass is 9.92. The first-order valence-corrected chi connectivity index (χ1v) is 9.43. The Kier molecular flexibility index (Phi) is 13.8. The highest BCUT2D eigenvalue weighted by molar-refractivity contribution is 5.83. The van der Waals surface area contributed by atoms with E-state index in [0.717, 1.165) is 19.3 Å². The van der Waals surface area contributed by atoms with Crippen LogP contribution >= 0.6 is 0 Å². The molecule has 0 aromatic heterocycles. The monoisotopic (exact) mass is 341 g/mol. The summed E-state index contributed by atoms with van der Waals surface area (Å²) in [7, 11) is 0. The Balaban J connectivity index is 5.02. The van der Waals surface area contributed by atoms with Gasteiger partial charge in [0.25, 0.3) is 5.97 Å². The maximum absolute atomic E-state index is 12.5. The van der Waals surface area contributed by atoms with E-state index in [1.807, 2.05) is 26.8 Å². The van der Waals surface area contributed by atoms with Crippen molar-refractivity contribution in [3.8, 4) is 6.07 Å². The fourth-order valence-corrected chi connectivity index (χ4v) is 2.90. The number of unbranched alkanes of at least 4 members (excludes halogenated alkanes) is 5. The van der Waals surface area contributed by atoms with Crippen molar-refractivity contribution in [1.29, 1.82) is 5.26 Å². The number of nitrogens with zero attached hydrogens (tertiary/aromatic N) is 1. The van der Waals surface area contributed by atoms with Crippen LogP contribution in [0.3, 0.4) is 0 Å². The third-order valence-corrected chi connectivity index (χ3v) is 3.95. The molecule has 0 aliphatic rings. The van der Waals surface area contributed by atoms with Gasteiger partial charge in [-0.3, -0.25) is 4.79 Å². The topological polar surface area (TPSA) is 68.6 Å². The molecule has 5 nitrogen and oxygen atoms in total. The highest BCUT2D eigenvalue weighted by Crippen LogP contribution is 2.32. The maximum Gasteiger partial charge on any atom is 0.293 e. The van der Waals surface area contributed by atoms with Crippen molar-refractivity contribution in [1.82, 2.24) is 0 Å². The highest BCUT2D eigenvalue weighted by Gasteiger charge is 2.45. The summed E-state index contributed by atoms with van der Waals surface area (Å²) in [6, 6.07) is 1.95. The summed E-state index contributed by atoms with van der Waals surface area (Å²) in [4.78, 5) is 12.5. The third kappa shape index (κ3) is 8.23. The summed E-state index contributed by atoms with van der Waals surface area (Å²) in [5.41, 5.74) is 0. The normalized spacial score (nSPS) is 12.8. The summed E-state index contributed by atoms with van der Waals surface area (Å²) in [5.74, 6) is -2.10. The lowest BCUT2D eigenvalue weighted by Crippen LogP contribution is -2.49. The van der Waals surface area contributed by atoms with E-state index in [1.165, 1.54) is 19.3 Å². The summed E-state index contributed by atoms with van der Waals surface area (Å²) in [5, 5.41) is 8.92. The fraction of sp³-hybridized carbons (Fsp3) is 0.895. The van der Waals surface area contributed by atoms with Gasteiger partial charge in [-0.15, -0.1) is 0 Å². The predicted molar refractivity (Wildman–Crippen MR) is 94.3 cm³/mol. The van der Waals surface area contributed by atoms with E-state index in [-0.39, 0.29) is 12.2 Å². The van der Waals surface area contributed by atoms with E-state index in [9.17, 15) is 4.79 Å². The second-order valence-electron chi connectivity index (χ2n) is 5.81. The molecule has 0 aliphatic heterocycles. The van der Waals surface area contributed by atoms with Crippen molar-refractivity contribution < 1.29 is 19.0 Å². The highest BCUT2D eigenvalue weighted by atomic mass is 16.9. The smallest absolute Gasteiger partial charge is 0.293 e. The van der Waals surface area contributed by atoms with Gasteiger partial charge in [-0.25, -0.2) is 0 Å². The predicted octanol–water partition coefficient (Wildman–Crippen LogP) is 4.60. The van der Waals surface area contributed by atoms with Crippen LogP contribution in [-0.4, -0.2) is 31.6 Å². The SMILES string of the molecule is CCCCCCCCC(C(=O)CC#N)C(OCC)(OCC)OCC. The average Bonchev–Trinajstić information content (AvgIpc) is 2.55. The molecule has 5 heteroatoms. The van der Waals surface area contributed by atoms with Crippen molar-refractivity contribution >= 4 is 5.78 Å². The summed E-state index contributed by atoms with van der Waals surface area (Å²) < 4.78 is 17.3. The van der Waals surface area contributed by atoms with Gasteiger partial charge in [-0.2, -0.15) is 5.26 Å². The molecule has 0 saturated heterocycles. The van der Waals surface area contributed by atoms with Crippen LogP contribution in [0.5, 0.6) is 0 Å². The molecule has 0 aromatic rings. The second-order valence-corrected chi connectivity index (χ2v) is 5.81. The molecule has 0 heterocycles. The zero-order valence-corrected chi connectivity index (χ0v) is 15.9. The number of nitriles is 1. The molecule has 0 saturated carbocycles. The Morgan fingerprint density at radius 1 is 0.917 bits per heavy atom. The fourth-order valence-electron chi connectivity index (χ4n) is 2.90. The number of carbonyl (C=O) groups excluding carboxylic acids is 1. The van der Waals surface area contributed by atoms with Crippen LogP contribution in [-0.2, 0) is 19.0 Å². The van der Waals surface area contributed by atoms with Crippen LogP contribution in [0.4, 0.5) is 0 Å². The van der Waals surface area contributed by atoms with E-state index in [0.29, 0.717) is 26.2 Å². The van der Waals surface area contributed by atoms with Gasteiger partial charge in [0, 0.05) is 19.8 Å². The van der Waals surface area contributed by atoms with E-state index in [4.69, 9.17) is 19.5 Å². The second kappa shape index (κ2) is 14.4. The summed E-state index contributed by atoms with van der Waals surface area (Å²) in [6.07, 6.45) is 7.29. The van der Waals surface area contributed by atoms with Crippen LogP contribution in [0.15, 0.2) is 0 Å². The molecule has 0 fully saturated rings. The molecule has 1 atom stereocenters.